The van der Waals surface area contributed by atoms with Gasteiger partial charge in [0.1, 0.15) is 0 Å². The van der Waals surface area contributed by atoms with Gasteiger partial charge in [-0.15, -0.1) is 0 Å². The van der Waals surface area contributed by atoms with Crippen LogP contribution in [0.1, 0.15) is 31.7 Å². The summed E-state index contributed by atoms with van der Waals surface area (Å²) in [6.07, 6.45) is 8.06. The summed E-state index contributed by atoms with van der Waals surface area (Å²) in [4.78, 5) is 16.5. The number of amides is 1. The maximum atomic E-state index is 12.2. The molecular formula is C19H22N2O2. The molecular weight excluding hydrogens is 288 g/mol. The van der Waals surface area contributed by atoms with Gasteiger partial charge in [-0.25, -0.2) is 0 Å². The molecule has 2 atom stereocenters. The SMILES string of the molecule is CC1(CO)CCCC1NC(=O)/C=C/c1ccnc2ccccc12. The molecule has 1 aromatic heterocycles. The van der Waals surface area contributed by atoms with E-state index in [4.69, 9.17) is 0 Å². The fraction of sp³-hybridized carbons (Fsp3) is 0.368. The van der Waals surface area contributed by atoms with Gasteiger partial charge in [0.2, 0.25) is 5.91 Å². The van der Waals surface area contributed by atoms with Crippen LogP contribution in [0, 0.1) is 5.41 Å². The van der Waals surface area contributed by atoms with Crippen LogP contribution in [0.2, 0.25) is 0 Å². The number of hydrogen-bond donors (Lipinski definition) is 2. The van der Waals surface area contributed by atoms with E-state index >= 15 is 0 Å². The molecule has 1 heterocycles. The number of pyridine rings is 1. The Kier molecular flexibility index (Phi) is 4.44. The van der Waals surface area contributed by atoms with Gasteiger partial charge >= 0.3 is 0 Å². The van der Waals surface area contributed by atoms with Gasteiger partial charge in [-0.3, -0.25) is 9.78 Å². The Balaban J connectivity index is 1.73. The number of nitrogens with one attached hydrogen (secondary N) is 1. The van der Waals surface area contributed by atoms with Crippen molar-refractivity contribution in [3.8, 4) is 0 Å². The van der Waals surface area contributed by atoms with Crippen molar-refractivity contribution in [2.75, 3.05) is 6.61 Å². The number of benzene rings is 1. The summed E-state index contributed by atoms with van der Waals surface area (Å²) in [5.74, 6) is -0.113. The van der Waals surface area contributed by atoms with E-state index in [-0.39, 0.29) is 24.0 Å². The first-order chi connectivity index (χ1) is 11.1. The van der Waals surface area contributed by atoms with Gasteiger partial charge < -0.3 is 10.4 Å². The fourth-order valence-corrected chi connectivity index (χ4v) is 3.32. The van der Waals surface area contributed by atoms with Gasteiger partial charge in [0.15, 0.2) is 0 Å². The monoisotopic (exact) mass is 310 g/mol. The second-order valence-electron chi connectivity index (χ2n) is 6.52. The molecule has 120 valence electrons. The zero-order valence-corrected chi connectivity index (χ0v) is 13.3. The molecule has 0 bridgehead atoms. The fourth-order valence-electron chi connectivity index (χ4n) is 3.32. The molecule has 2 N–H and O–H groups in total. The molecule has 2 unspecified atom stereocenters. The standard InChI is InChI=1S/C19H22N2O2/c1-19(13-22)11-4-7-17(19)21-18(23)9-8-14-10-12-20-16-6-3-2-5-15(14)16/h2-3,5-6,8-10,12,17,22H,4,7,11,13H2,1H3,(H,21,23)/b9-8+. The van der Waals surface area contributed by atoms with Crippen LogP contribution >= 0.6 is 0 Å². The number of aliphatic hydroxyl groups excluding tert-OH is 1. The van der Waals surface area contributed by atoms with Gasteiger partial charge in [-0.2, -0.15) is 0 Å². The Labute approximate surface area is 136 Å². The first kappa shape index (κ1) is 15.7. The summed E-state index contributed by atoms with van der Waals surface area (Å²) in [5, 5.41) is 13.6. The summed E-state index contributed by atoms with van der Waals surface area (Å²) < 4.78 is 0. The highest BCUT2D eigenvalue weighted by Gasteiger charge is 2.38. The lowest BCUT2D eigenvalue weighted by molar-refractivity contribution is -0.117. The summed E-state index contributed by atoms with van der Waals surface area (Å²) in [6, 6.07) is 9.81. The van der Waals surface area contributed by atoms with E-state index in [2.05, 4.69) is 10.3 Å². The van der Waals surface area contributed by atoms with Crippen molar-refractivity contribution in [2.45, 2.75) is 32.2 Å². The van der Waals surface area contributed by atoms with E-state index in [0.717, 1.165) is 35.7 Å². The Morgan fingerprint density at radius 1 is 1.43 bits per heavy atom. The smallest absolute Gasteiger partial charge is 0.244 e. The van der Waals surface area contributed by atoms with Gasteiger partial charge in [0.25, 0.3) is 0 Å². The Hall–Kier alpha value is -2.20. The highest BCUT2D eigenvalue weighted by molar-refractivity contribution is 5.95. The van der Waals surface area contributed by atoms with Crippen molar-refractivity contribution < 1.29 is 9.90 Å². The lowest BCUT2D eigenvalue weighted by Crippen LogP contribution is -2.44. The van der Waals surface area contributed by atoms with Crippen LogP contribution in [0.25, 0.3) is 17.0 Å². The van der Waals surface area contributed by atoms with Crippen molar-refractivity contribution in [3.63, 3.8) is 0 Å². The molecule has 1 saturated carbocycles. The van der Waals surface area contributed by atoms with Crippen molar-refractivity contribution in [1.29, 1.82) is 0 Å². The molecule has 1 amide bonds. The molecule has 23 heavy (non-hydrogen) atoms. The van der Waals surface area contributed by atoms with E-state index in [1.807, 2.05) is 43.3 Å². The molecule has 2 aromatic rings. The molecule has 4 nitrogen and oxygen atoms in total. The summed E-state index contributed by atoms with van der Waals surface area (Å²) in [7, 11) is 0. The van der Waals surface area contributed by atoms with Crippen molar-refractivity contribution in [3.05, 3.63) is 48.2 Å². The van der Waals surface area contributed by atoms with Crippen LogP contribution in [0.3, 0.4) is 0 Å². The first-order valence-corrected chi connectivity index (χ1v) is 8.05. The van der Waals surface area contributed by atoms with Gasteiger partial charge in [-0.05, 0) is 36.6 Å². The summed E-state index contributed by atoms with van der Waals surface area (Å²) in [5.41, 5.74) is 1.69. The third kappa shape index (κ3) is 3.27. The number of para-hydroxylation sites is 1. The van der Waals surface area contributed by atoms with Crippen LogP contribution in [-0.2, 0) is 4.79 Å². The van der Waals surface area contributed by atoms with Crippen molar-refractivity contribution in [1.82, 2.24) is 10.3 Å². The maximum absolute atomic E-state index is 12.2. The average molecular weight is 310 g/mol. The Bertz CT molecular complexity index is 736. The van der Waals surface area contributed by atoms with E-state index in [0.29, 0.717) is 0 Å². The second kappa shape index (κ2) is 6.50. The minimum atomic E-state index is -0.202. The number of carbonyl (C=O) groups is 1. The largest absolute Gasteiger partial charge is 0.396 e. The minimum Gasteiger partial charge on any atom is -0.396 e. The zero-order chi connectivity index (χ0) is 16.3. The topological polar surface area (TPSA) is 62.2 Å². The predicted octanol–water partition coefficient (Wildman–Crippen LogP) is 2.92. The van der Waals surface area contributed by atoms with Crippen LogP contribution in [-0.4, -0.2) is 28.6 Å². The van der Waals surface area contributed by atoms with Crippen LogP contribution in [0.5, 0.6) is 0 Å². The maximum Gasteiger partial charge on any atom is 0.244 e. The lowest BCUT2D eigenvalue weighted by atomic mass is 9.86. The van der Waals surface area contributed by atoms with Crippen LogP contribution < -0.4 is 5.32 Å². The quantitative estimate of drug-likeness (QED) is 0.854. The zero-order valence-electron chi connectivity index (χ0n) is 13.3. The molecule has 0 spiro atoms. The number of carbonyl (C=O) groups excluding carboxylic acids is 1. The first-order valence-electron chi connectivity index (χ1n) is 8.05. The summed E-state index contributed by atoms with van der Waals surface area (Å²) in [6.45, 7) is 2.14. The molecule has 1 aromatic carbocycles. The van der Waals surface area contributed by atoms with Crippen LogP contribution in [0.15, 0.2) is 42.6 Å². The molecule has 0 saturated heterocycles. The number of rotatable bonds is 4. The molecule has 3 rings (SSSR count). The molecule has 4 heteroatoms. The molecule has 0 radical (unpaired) electrons. The van der Waals surface area contributed by atoms with E-state index in [1.54, 1.807) is 12.3 Å². The predicted molar refractivity (Wildman–Crippen MR) is 91.8 cm³/mol. The van der Waals surface area contributed by atoms with E-state index < -0.39 is 0 Å². The molecule has 0 aliphatic heterocycles. The Morgan fingerprint density at radius 2 is 2.26 bits per heavy atom. The second-order valence-corrected chi connectivity index (χ2v) is 6.52. The van der Waals surface area contributed by atoms with E-state index in [1.165, 1.54) is 0 Å². The highest BCUT2D eigenvalue weighted by Crippen LogP contribution is 2.37. The van der Waals surface area contributed by atoms with Gasteiger partial charge in [0.05, 0.1) is 12.1 Å². The molecule has 1 aliphatic carbocycles. The lowest BCUT2D eigenvalue weighted by Gasteiger charge is -2.29. The third-order valence-electron chi connectivity index (χ3n) is 4.86. The van der Waals surface area contributed by atoms with Crippen LogP contribution in [0.4, 0.5) is 0 Å². The number of aliphatic hydroxyl groups is 1. The third-order valence-corrected chi connectivity index (χ3v) is 4.86. The normalized spacial score (nSPS) is 24.3. The number of nitrogens with zero attached hydrogens (tertiary/aromatic N) is 1. The number of aromatic nitrogens is 1. The number of hydrogen-bond acceptors (Lipinski definition) is 3. The van der Waals surface area contributed by atoms with Gasteiger partial charge in [-0.1, -0.05) is 31.5 Å². The molecule has 1 fully saturated rings. The molecule has 1 aliphatic rings. The number of fused-ring (bicyclic) bond motifs is 1. The van der Waals surface area contributed by atoms with Gasteiger partial charge in [0, 0.05) is 29.1 Å². The van der Waals surface area contributed by atoms with Crippen molar-refractivity contribution >= 4 is 22.9 Å². The van der Waals surface area contributed by atoms with E-state index in [9.17, 15) is 9.90 Å². The highest BCUT2D eigenvalue weighted by atomic mass is 16.3. The van der Waals surface area contributed by atoms with Crippen molar-refractivity contribution in [2.24, 2.45) is 5.41 Å². The minimum absolute atomic E-state index is 0.0406. The average Bonchev–Trinajstić information content (AvgIpc) is 2.94. The summed E-state index contributed by atoms with van der Waals surface area (Å²) >= 11 is 0. The Morgan fingerprint density at radius 3 is 3.09 bits per heavy atom.